The molecule has 1 aliphatic rings. The first-order chi connectivity index (χ1) is 8.66. The Morgan fingerprint density at radius 2 is 2.28 bits per heavy atom. The van der Waals surface area contributed by atoms with E-state index in [1.54, 1.807) is 0 Å². The standard InChI is InChI=1S/C13H18N4O/c1-9(18)10-4-6-17(7-10)13-12-11(3-5-14-13)16(2)8-15-12/h3,5,8-10,18H,4,6-7H2,1-2H3. The predicted octanol–water partition coefficient (Wildman–Crippen LogP) is 1.18. The van der Waals surface area contributed by atoms with E-state index < -0.39 is 0 Å². The maximum atomic E-state index is 9.67. The van der Waals surface area contributed by atoms with Crippen molar-refractivity contribution in [1.82, 2.24) is 14.5 Å². The first-order valence-electron chi connectivity index (χ1n) is 6.36. The van der Waals surface area contributed by atoms with Gasteiger partial charge in [-0.25, -0.2) is 9.97 Å². The van der Waals surface area contributed by atoms with Gasteiger partial charge in [0.05, 0.1) is 17.9 Å². The summed E-state index contributed by atoms with van der Waals surface area (Å²) in [5, 5.41) is 9.67. The highest BCUT2D eigenvalue weighted by molar-refractivity contribution is 5.86. The van der Waals surface area contributed by atoms with E-state index in [4.69, 9.17) is 0 Å². The molecule has 0 aliphatic carbocycles. The van der Waals surface area contributed by atoms with E-state index in [-0.39, 0.29) is 6.10 Å². The number of imidazole rings is 1. The first kappa shape index (κ1) is 11.5. The second-order valence-corrected chi connectivity index (χ2v) is 5.09. The molecule has 2 aromatic heterocycles. The smallest absolute Gasteiger partial charge is 0.156 e. The number of hydrogen-bond acceptors (Lipinski definition) is 4. The fourth-order valence-electron chi connectivity index (χ4n) is 2.65. The van der Waals surface area contributed by atoms with E-state index in [0.717, 1.165) is 36.4 Å². The SMILES string of the molecule is CC(O)C1CCN(c2nccc3c2ncn3C)C1. The van der Waals surface area contributed by atoms with Gasteiger partial charge >= 0.3 is 0 Å². The molecular formula is C13H18N4O. The van der Waals surface area contributed by atoms with Crippen molar-refractivity contribution in [3.63, 3.8) is 0 Å². The fraction of sp³-hybridized carbons (Fsp3) is 0.538. The lowest BCUT2D eigenvalue weighted by Gasteiger charge is -2.18. The molecule has 1 aliphatic heterocycles. The fourth-order valence-corrected chi connectivity index (χ4v) is 2.65. The van der Waals surface area contributed by atoms with Gasteiger partial charge in [0, 0.05) is 32.3 Å². The van der Waals surface area contributed by atoms with Crippen molar-refractivity contribution in [3.05, 3.63) is 18.6 Å². The average molecular weight is 246 g/mol. The van der Waals surface area contributed by atoms with E-state index >= 15 is 0 Å². The number of hydrogen-bond donors (Lipinski definition) is 1. The van der Waals surface area contributed by atoms with Gasteiger partial charge in [0.2, 0.25) is 0 Å². The van der Waals surface area contributed by atoms with Crippen LogP contribution < -0.4 is 4.90 Å². The van der Waals surface area contributed by atoms with Crippen LogP contribution >= 0.6 is 0 Å². The largest absolute Gasteiger partial charge is 0.393 e. The third-order valence-electron chi connectivity index (χ3n) is 3.83. The highest BCUT2D eigenvalue weighted by atomic mass is 16.3. The van der Waals surface area contributed by atoms with Crippen LogP contribution in [0.2, 0.25) is 0 Å². The summed E-state index contributed by atoms with van der Waals surface area (Å²) in [6.07, 6.45) is 4.41. The van der Waals surface area contributed by atoms with Crippen molar-refractivity contribution in [2.24, 2.45) is 13.0 Å². The van der Waals surface area contributed by atoms with Gasteiger partial charge in [-0.2, -0.15) is 0 Å². The van der Waals surface area contributed by atoms with Gasteiger partial charge in [-0.1, -0.05) is 0 Å². The second kappa shape index (κ2) is 4.24. The molecule has 5 heteroatoms. The Balaban J connectivity index is 1.96. The molecule has 5 nitrogen and oxygen atoms in total. The topological polar surface area (TPSA) is 54.2 Å². The number of aryl methyl sites for hydroxylation is 1. The summed E-state index contributed by atoms with van der Waals surface area (Å²) in [6, 6.07) is 1.98. The number of aromatic nitrogens is 3. The maximum Gasteiger partial charge on any atom is 0.156 e. The van der Waals surface area contributed by atoms with Crippen molar-refractivity contribution >= 4 is 16.9 Å². The van der Waals surface area contributed by atoms with Crippen molar-refractivity contribution < 1.29 is 5.11 Å². The molecule has 0 aromatic carbocycles. The Bertz CT molecular complexity index is 563. The van der Waals surface area contributed by atoms with Crippen molar-refractivity contribution in [2.75, 3.05) is 18.0 Å². The molecule has 3 rings (SSSR count). The van der Waals surface area contributed by atoms with Crippen LogP contribution in [0.3, 0.4) is 0 Å². The molecule has 1 N–H and O–H groups in total. The summed E-state index contributed by atoms with van der Waals surface area (Å²) in [4.78, 5) is 11.1. The van der Waals surface area contributed by atoms with Gasteiger partial charge in [0.25, 0.3) is 0 Å². The number of rotatable bonds is 2. The molecule has 0 bridgehead atoms. The van der Waals surface area contributed by atoms with Gasteiger partial charge in [0.15, 0.2) is 5.82 Å². The molecule has 0 radical (unpaired) electrons. The van der Waals surface area contributed by atoms with Gasteiger partial charge in [-0.15, -0.1) is 0 Å². The van der Waals surface area contributed by atoms with Crippen LogP contribution in [-0.4, -0.2) is 38.8 Å². The van der Waals surface area contributed by atoms with Crippen LogP contribution in [-0.2, 0) is 7.05 Å². The number of fused-ring (bicyclic) bond motifs is 1. The molecular weight excluding hydrogens is 228 g/mol. The van der Waals surface area contributed by atoms with Crippen molar-refractivity contribution in [1.29, 1.82) is 0 Å². The lowest BCUT2D eigenvalue weighted by Crippen LogP contribution is -2.24. The minimum absolute atomic E-state index is 0.252. The molecule has 0 spiro atoms. The number of pyridine rings is 1. The van der Waals surface area contributed by atoms with Crippen LogP contribution in [0.5, 0.6) is 0 Å². The highest BCUT2D eigenvalue weighted by Gasteiger charge is 2.28. The number of aliphatic hydroxyl groups is 1. The van der Waals surface area contributed by atoms with Crippen LogP contribution in [0, 0.1) is 5.92 Å². The molecule has 0 saturated carbocycles. The molecule has 18 heavy (non-hydrogen) atoms. The molecule has 96 valence electrons. The summed E-state index contributed by atoms with van der Waals surface area (Å²) in [7, 11) is 1.99. The minimum atomic E-state index is -0.252. The van der Waals surface area contributed by atoms with Crippen molar-refractivity contribution in [2.45, 2.75) is 19.4 Å². The Kier molecular flexibility index (Phi) is 2.70. The summed E-state index contributed by atoms with van der Waals surface area (Å²) in [5.41, 5.74) is 2.05. The Morgan fingerprint density at radius 1 is 1.44 bits per heavy atom. The van der Waals surface area contributed by atoms with Crippen LogP contribution in [0.1, 0.15) is 13.3 Å². The minimum Gasteiger partial charge on any atom is -0.393 e. The van der Waals surface area contributed by atoms with Crippen LogP contribution in [0.15, 0.2) is 18.6 Å². The predicted molar refractivity (Wildman–Crippen MR) is 70.5 cm³/mol. The lowest BCUT2D eigenvalue weighted by atomic mass is 10.0. The van der Waals surface area contributed by atoms with Crippen molar-refractivity contribution in [3.8, 4) is 0 Å². The Labute approximate surface area is 106 Å². The molecule has 2 atom stereocenters. The third kappa shape index (κ3) is 1.75. The highest BCUT2D eigenvalue weighted by Crippen LogP contribution is 2.28. The molecule has 3 heterocycles. The molecule has 0 amide bonds. The lowest BCUT2D eigenvalue weighted by molar-refractivity contribution is 0.136. The number of nitrogens with zero attached hydrogens (tertiary/aromatic N) is 4. The van der Waals surface area contributed by atoms with E-state index in [1.165, 1.54) is 0 Å². The summed E-state index contributed by atoms with van der Waals surface area (Å²) in [5.74, 6) is 1.28. The quantitative estimate of drug-likeness (QED) is 0.864. The van der Waals surface area contributed by atoms with E-state index in [9.17, 15) is 5.11 Å². The van der Waals surface area contributed by atoms with Crippen LogP contribution in [0.4, 0.5) is 5.82 Å². The summed E-state index contributed by atoms with van der Waals surface area (Å²) in [6.45, 7) is 3.67. The normalized spacial score (nSPS) is 21.7. The molecule has 2 unspecified atom stereocenters. The zero-order valence-corrected chi connectivity index (χ0v) is 10.7. The maximum absolute atomic E-state index is 9.67. The monoisotopic (exact) mass is 246 g/mol. The van der Waals surface area contributed by atoms with E-state index in [1.807, 2.05) is 37.1 Å². The number of anilines is 1. The van der Waals surface area contributed by atoms with E-state index in [2.05, 4.69) is 14.9 Å². The van der Waals surface area contributed by atoms with Gasteiger partial charge in [0.1, 0.15) is 5.52 Å². The third-order valence-corrected chi connectivity index (χ3v) is 3.83. The summed E-state index contributed by atoms with van der Waals surface area (Å²) >= 11 is 0. The average Bonchev–Trinajstić information content (AvgIpc) is 2.97. The van der Waals surface area contributed by atoms with E-state index in [0.29, 0.717) is 5.92 Å². The summed E-state index contributed by atoms with van der Waals surface area (Å²) < 4.78 is 2.00. The Hall–Kier alpha value is -1.62. The van der Waals surface area contributed by atoms with Gasteiger partial charge < -0.3 is 14.6 Å². The number of aliphatic hydroxyl groups excluding tert-OH is 1. The Morgan fingerprint density at radius 3 is 3.00 bits per heavy atom. The second-order valence-electron chi connectivity index (χ2n) is 5.09. The van der Waals surface area contributed by atoms with Gasteiger partial charge in [-0.05, 0) is 19.4 Å². The zero-order valence-electron chi connectivity index (χ0n) is 10.7. The first-order valence-corrected chi connectivity index (χ1v) is 6.36. The molecule has 1 saturated heterocycles. The van der Waals surface area contributed by atoms with Gasteiger partial charge in [-0.3, -0.25) is 0 Å². The van der Waals surface area contributed by atoms with Crippen LogP contribution in [0.25, 0.3) is 11.0 Å². The zero-order chi connectivity index (χ0) is 12.7. The molecule has 2 aromatic rings. The molecule has 1 fully saturated rings.